The van der Waals surface area contributed by atoms with E-state index in [4.69, 9.17) is 15.7 Å². The Morgan fingerprint density at radius 2 is 2.20 bits per heavy atom. The van der Waals surface area contributed by atoms with Gasteiger partial charge in [0.2, 0.25) is 0 Å². The molecule has 0 radical (unpaired) electrons. The average molecular weight is 292 g/mol. The standard InChI is InChI=1S/C13H16N4O2S/c1-8-6-12(17(2)15-8)20-11-7-9(19-3)4-5-10(11)13(14)16-18/h4-7,18H,1-3H3,(H2,14,16). The summed E-state index contributed by atoms with van der Waals surface area (Å²) in [6, 6.07) is 7.35. The van der Waals surface area contributed by atoms with E-state index in [1.54, 1.807) is 23.9 Å². The van der Waals surface area contributed by atoms with E-state index in [1.807, 2.05) is 26.1 Å². The molecule has 1 aromatic heterocycles. The van der Waals surface area contributed by atoms with E-state index in [0.29, 0.717) is 11.3 Å². The first-order chi connectivity index (χ1) is 9.55. The van der Waals surface area contributed by atoms with Crippen LogP contribution in [0.5, 0.6) is 5.75 Å². The Balaban J connectivity index is 2.45. The van der Waals surface area contributed by atoms with Crippen LogP contribution in [0.1, 0.15) is 11.3 Å². The molecule has 0 fully saturated rings. The van der Waals surface area contributed by atoms with Crippen molar-refractivity contribution in [3.05, 3.63) is 35.5 Å². The fourth-order valence-electron chi connectivity index (χ4n) is 1.77. The molecule has 0 bridgehead atoms. The number of aromatic nitrogens is 2. The van der Waals surface area contributed by atoms with Gasteiger partial charge in [0.25, 0.3) is 0 Å². The van der Waals surface area contributed by atoms with Crippen molar-refractivity contribution < 1.29 is 9.94 Å². The van der Waals surface area contributed by atoms with Gasteiger partial charge in [0.15, 0.2) is 5.84 Å². The number of aryl methyl sites for hydroxylation is 2. The van der Waals surface area contributed by atoms with E-state index >= 15 is 0 Å². The van der Waals surface area contributed by atoms with Crippen molar-refractivity contribution in [1.82, 2.24) is 9.78 Å². The summed E-state index contributed by atoms with van der Waals surface area (Å²) in [5, 5.41) is 17.2. The molecule has 0 aliphatic carbocycles. The number of methoxy groups -OCH3 is 1. The smallest absolute Gasteiger partial charge is 0.171 e. The van der Waals surface area contributed by atoms with E-state index in [2.05, 4.69) is 10.3 Å². The third-order valence-corrected chi connectivity index (χ3v) is 3.89. The van der Waals surface area contributed by atoms with Gasteiger partial charge < -0.3 is 15.7 Å². The molecular weight excluding hydrogens is 276 g/mol. The summed E-state index contributed by atoms with van der Waals surface area (Å²) in [6.45, 7) is 1.93. The van der Waals surface area contributed by atoms with Crippen LogP contribution in [0.4, 0.5) is 0 Å². The minimum absolute atomic E-state index is 0.0639. The summed E-state index contributed by atoms with van der Waals surface area (Å²) in [5.41, 5.74) is 7.29. The molecule has 6 nitrogen and oxygen atoms in total. The van der Waals surface area contributed by atoms with Crippen molar-refractivity contribution in [2.24, 2.45) is 17.9 Å². The number of ether oxygens (including phenoxy) is 1. The zero-order chi connectivity index (χ0) is 14.7. The molecule has 0 unspecified atom stereocenters. The first kappa shape index (κ1) is 14.3. The topological polar surface area (TPSA) is 85.7 Å². The quantitative estimate of drug-likeness (QED) is 0.389. The lowest BCUT2D eigenvalue weighted by Gasteiger charge is -2.10. The maximum absolute atomic E-state index is 8.87. The van der Waals surface area contributed by atoms with Crippen molar-refractivity contribution >= 4 is 17.6 Å². The number of benzene rings is 1. The average Bonchev–Trinajstić information content (AvgIpc) is 2.76. The largest absolute Gasteiger partial charge is 0.497 e. The van der Waals surface area contributed by atoms with Crippen LogP contribution in [0.15, 0.2) is 39.3 Å². The number of oxime groups is 1. The highest BCUT2D eigenvalue weighted by Crippen LogP contribution is 2.33. The lowest BCUT2D eigenvalue weighted by molar-refractivity contribution is 0.318. The number of hydrogen-bond donors (Lipinski definition) is 2. The number of hydrogen-bond acceptors (Lipinski definition) is 5. The van der Waals surface area contributed by atoms with Crippen LogP contribution in [-0.4, -0.2) is 27.9 Å². The SMILES string of the molecule is COc1ccc(/C(N)=N/O)c(Sc2cc(C)nn2C)c1. The van der Waals surface area contributed by atoms with Gasteiger partial charge in [-0.25, -0.2) is 0 Å². The first-order valence-corrected chi connectivity index (χ1v) is 6.71. The molecule has 0 atom stereocenters. The molecule has 0 amide bonds. The summed E-state index contributed by atoms with van der Waals surface area (Å²) < 4.78 is 7.00. The zero-order valence-electron chi connectivity index (χ0n) is 11.5. The Kier molecular flexibility index (Phi) is 4.19. The fraction of sp³-hybridized carbons (Fsp3) is 0.231. The number of nitrogens with two attached hydrogens (primary N) is 1. The number of rotatable bonds is 4. The number of amidine groups is 1. The van der Waals surface area contributed by atoms with E-state index < -0.39 is 0 Å². The van der Waals surface area contributed by atoms with Crippen LogP contribution in [0.25, 0.3) is 0 Å². The van der Waals surface area contributed by atoms with E-state index in [-0.39, 0.29) is 5.84 Å². The van der Waals surface area contributed by atoms with Gasteiger partial charge in [0, 0.05) is 17.5 Å². The van der Waals surface area contributed by atoms with Crippen LogP contribution < -0.4 is 10.5 Å². The van der Waals surface area contributed by atoms with Crippen molar-refractivity contribution in [2.45, 2.75) is 16.8 Å². The monoisotopic (exact) mass is 292 g/mol. The summed E-state index contributed by atoms with van der Waals surface area (Å²) in [6.07, 6.45) is 0. The molecule has 0 saturated carbocycles. The molecule has 1 aromatic carbocycles. The second kappa shape index (κ2) is 5.87. The molecule has 3 N–H and O–H groups in total. The maximum atomic E-state index is 8.87. The highest BCUT2D eigenvalue weighted by Gasteiger charge is 2.12. The molecule has 7 heteroatoms. The Bertz CT molecular complexity index is 652. The lowest BCUT2D eigenvalue weighted by atomic mass is 10.2. The van der Waals surface area contributed by atoms with Crippen LogP contribution in [0.3, 0.4) is 0 Å². The Morgan fingerprint density at radius 1 is 1.45 bits per heavy atom. The van der Waals surface area contributed by atoms with E-state index in [9.17, 15) is 0 Å². The molecule has 0 aliphatic heterocycles. The van der Waals surface area contributed by atoms with Gasteiger partial charge >= 0.3 is 0 Å². The Labute approximate surface area is 121 Å². The van der Waals surface area contributed by atoms with Gasteiger partial charge in [-0.1, -0.05) is 16.9 Å². The Hall–Kier alpha value is -2.15. The van der Waals surface area contributed by atoms with Gasteiger partial charge in [0.05, 0.1) is 17.8 Å². The zero-order valence-corrected chi connectivity index (χ0v) is 12.3. The van der Waals surface area contributed by atoms with Gasteiger partial charge in [0.1, 0.15) is 5.75 Å². The lowest BCUT2D eigenvalue weighted by Crippen LogP contribution is -2.14. The predicted molar refractivity (Wildman–Crippen MR) is 77.6 cm³/mol. The van der Waals surface area contributed by atoms with E-state index in [0.717, 1.165) is 15.6 Å². The molecule has 2 rings (SSSR count). The molecule has 2 aromatic rings. The van der Waals surface area contributed by atoms with Crippen LogP contribution in [0, 0.1) is 6.92 Å². The molecule has 0 spiro atoms. The molecular formula is C13H16N4O2S. The highest BCUT2D eigenvalue weighted by atomic mass is 32.2. The molecule has 106 valence electrons. The second-order valence-electron chi connectivity index (χ2n) is 4.20. The summed E-state index contributed by atoms with van der Waals surface area (Å²) in [4.78, 5) is 0.836. The van der Waals surface area contributed by atoms with Crippen LogP contribution >= 0.6 is 11.8 Å². The summed E-state index contributed by atoms with van der Waals surface area (Å²) in [5.74, 6) is 0.773. The second-order valence-corrected chi connectivity index (χ2v) is 5.26. The minimum Gasteiger partial charge on any atom is -0.497 e. The Morgan fingerprint density at radius 3 is 2.75 bits per heavy atom. The third kappa shape index (κ3) is 2.88. The van der Waals surface area contributed by atoms with Crippen molar-refractivity contribution in [3.8, 4) is 5.75 Å². The van der Waals surface area contributed by atoms with Gasteiger partial charge in [-0.2, -0.15) is 5.10 Å². The van der Waals surface area contributed by atoms with Crippen LogP contribution in [0.2, 0.25) is 0 Å². The first-order valence-electron chi connectivity index (χ1n) is 5.89. The van der Waals surface area contributed by atoms with Crippen molar-refractivity contribution in [3.63, 3.8) is 0 Å². The predicted octanol–water partition coefficient (Wildman–Crippen LogP) is 1.98. The number of nitrogens with zero attached hydrogens (tertiary/aromatic N) is 3. The van der Waals surface area contributed by atoms with Crippen LogP contribution in [-0.2, 0) is 7.05 Å². The molecule has 0 aliphatic rings. The highest BCUT2D eigenvalue weighted by molar-refractivity contribution is 7.99. The molecule has 1 heterocycles. The van der Waals surface area contributed by atoms with Gasteiger partial charge in [-0.3, -0.25) is 4.68 Å². The third-order valence-electron chi connectivity index (χ3n) is 2.75. The van der Waals surface area contributed by atoms with Gasteiger partial charge in [-0.05, 0) is 31.2 Å². The fourth-order valence-corrected chi connectivity index (χ4v) is 2.86. The normalized spacial score (nSPS) is 11.7. The van der Waals surface area contributed by atoms with E-state index in [1.165, 1.54) is 11.8 Å². The maximum Gasteiger partial charge on any atom is 0.171 e. The molecule has 20 heavy (non-hydrogen) atoms. The summed E-state index contributed by atoms with van der Waals surface area (Å²) >= 11 is 1.48. The van der Waals surface area contributed by atoms with Crippen molar-refractivity contribution in [1.29, 1.82) is 0 Å². The molecule has 0 saturated heterocycles. The summed E-state index contributed by atoms with van der Waals surface area (Å²) in [7, 11) is 3.47. The van der Waals surface area contributed by atoms with Gasteiger partial charge in [-0.15, -0.1) is 0 Å². The minimum atomic E-state index is 0.0639. The van der Waals surface area contributed by atoms with Crippen molar-refractivity contribution in [2.75, 3.05) is 7.11 Å².